The Morgan fingerprint density at radius 1 is 0.349 bits per heavy atom. The molecule has 0 aromatic heterocycles. The van der Waals surface area contributed by atoms with Gasteiger partial charge in [0.15, 0.2) is 12.6 Å². The summed E-state index contributed by atoms with van der Waals surface area (Å²) in [6.07, 6.45) is 97.3. The highest BCUT2D eigenvalue weighted by atomic mass is 16.7. The molecule has 9 N–H and O–H groups in total. The Morgan fingerprint density at radius 2 is 0.660 bits per heavy atom. The number of hydrogen-bond donors (Lipinski definition) is 9. The smallest absolute Gasteiger partial charge is 0.220 e. The summed E-state index contributed by atoms with van der Waals surface area (Å²) in [5.41, 5.74) is 0. The maximum atomic E-state index is 13.4. The van der Waals surface area contributed by atoms with Crippen molar-refractivity contribution in [1.29, 1.82) is 0 Å². The molecule has 0 bridgehead atoms. The Bertz CT molecular complexity index is 2450. The minimum atomic E-state index is -1.81. The van der Waals surface area contributed by atoms with E-state index in [4.69, 9.17) is 18.9 Å². The van der Waals surface area contributed by atoms with E-state index in [-0.39, 0.29) is 18.9 Å². The number of aliphatic hydroxyl groups excluding tert-OH is 8. The van der Waals surface area contributed by atoms with Gasteiger partial charge in [0, 0.05) is 6.42 Å². The van der Waals surface area contributed by atoms with Crippen molar-refractivity contribution in [3.05, 3.63) is 170 Å². The zero-order chi connectivity index (χ0) is 76.5. The van der Waals surface area contributed by atoms with Crippen LogP contribution in [-0.4, -0.2) is 140 Å². The summed E-state index contributed by atoms with van der Waals surface area (Å²) in [5, 5.41) is 87.7. The molecule has 12 atom stereocenters. The van der Waals surface area contributed by atoms with Crippen LogP contribution in [0.2, 0.25) is 0 Å². The van der Waals surface area contributed by atoms with Gasteiger partial charge in [-0.3, -0.25) is 4.79 Å². The second-order valence-corrected chi connectivity index (χ2v) is 28.9. The first-order chi connectivity index (χ1) is 52.1. The van der Waals surface area contributed by atoms with Gasteiger partial charge in [0.05, 0.1) is 32.0 Å². The van der Waals surface area contributed by atoms with Gasteiger partial charge in [0.1, 0.15) is 48.8 Å². The molecule has 106 heavy (non-hydrogen) atoms. The summed E-state index contributed by atoms with van der Waals surface area (Å²) in [7, 11) is 0. The largest absolute Gasteiger partial charge is 0.394 e. The second kappa shape index (κ2) is 73.2. The molecule has 2 saturated heterocycles. The zero-order valence-corrected chi connectivity index (χ0v) is 66.4. The van der Waals surface area contributed by atoms with Crippen molar-refractivity contribution in [2.75, 3.05) is 19.8 Å². The Hall–Kier alpha value is -4.65. The predicted molar refractivity (Wildman–Crippen MR) is 442 cm³/mol. The third-order valence-corrected chi connectivity index (χ3v) is 19.4. The number of amides is 1. The van der Waals surface area contributed by atoms with Gasteiger partial charge < -0.3 is 65.1 Å². The lowest BCUT2D eigenvalue weighted by Crippen LogP contribution is -2.65. The van der Waals surface area contributed by atoms with E-state index in [1.165, 1.54) is 148 Å². The molecule has 2 heterocycles. The van der Waals surface area contributed by atoms with Crippen LogP contribution in [0.4, 0.5) is 0 Å². The van der Waals surface area contributed by atoms with E-state index in [0.29, 0.717) is 12.8 Å². The zero-order valence-electron chi connectivity index (χ0n) is 66.4. The van der Waals surface area contributed by atoms with E-state index in [9.17, 15) is 45.6 Å². The van der Waals surface area contributed by atoms with E-state index in [1.807, 2.05) is 6.08 Å². The van der Waals surface area contributed by atoms with Crippen molar-refractivity contribution < 1.29 is 64.6 Å². The summed E-state index contributed by atoms with van der Waals surface area (Å²) >= 11 is 0. The molecule has 2 fully saturated rings. The van der Waals surface area contributed by atoms with Crippen LogP contribution in [0.25, 0.3) is 0 Å². The average molecular weight is 1480 g/mol. The van der Waals surface area contributed by atoms with Crippen LogP contribution in [-0.2, 0) is 23.7 Å². The Morgan fingerprint density at radius 3 is 1.04 bits per heavy atom. The van der Waals surface area contributed by atoms with Crippen LogP contribution in [0.1, 0.15) is 309 Å². The number of carbonyl (C=O) groups is 1. The molecular formula is C92H153NO13. The molecule has 0 saturated carbocycles. The summed E-state index contributed by atoms with van der Waals surface area (Å²) in [6.45, 7) is 2.67. The van der Waals surface area contributed by atoms with Crippen molar-refractivity contribution in [2.24, 2.45) is 0 Å². The molecule has 12 unspecified atom stereocenters. The quantitative estimate of drug-likeness (QED) is 0.0204. The fourth-order valence-corrected chi connectivity index (χ4v) is 12.7. The molecule has 0 radical (unpaired) electrons. The van der Waals surface area contributed by atoms with Crippen LogP contribution in [0.15, 0.2) is 170 Å². The molecule has 14 heteroatoms. The third kappa shape index (κ3) is 54.9. The highest BCUT2D eigenvalue weighted by Crippen LogP contribution is 2.30. The first kappa shape index (κ1) is 97.4. The summed E-state index contributed by atoms with van der Waals surface area (Å²) in [5.74, 6) is -0.277. The van der Waals surface area contributed by atoms with Gasteiger partial charge in [-0.05, 0) is 128 Å². The van der Waals surface area contributed by atoms with Gasteiger partial charge in [0.2, 0.25) is 5.91 Å². The molecule has 0 spiro atoms. The lowest BCUT2D eigenvalue weighted by Gasteiger charge is -2.46. The van der Waals surface area contributed by atoms with Crippen LogP contribution in [0, 0.1) is 0 Å². The maximum absolute atomic E-state index is 13.4. The molecule has 604 valence electrons. The molecule has 2 aliphatic heterocycles. The molecule has 1 amide bonds. The number of rotatable bonds is 69. The van der Waals surface area contributed by atoms with Crippen molar-refractivity contribution in [3.8, 4) is 0 Å². The highest BCUT2D eigenvalue weighted by Gasteiger charge is 2.51. The fraction of sp³-hybridized carbons (Fsp3) is 0.685. The maximum Gasteiger partial charge on any atom is 0.220 e. The number of carbonyl (C=O) groups excluding carboxylic acids is 1. The predicted octanol–water partition coefficient (Wildman–Crippen LogP) is 20.2. The molecule has 14 nitrogen and oxygen atoms in total. The third-order valence-electron chi connectivity index (χ3n) is 19.4. The van der Waals surface area contributed by atoms with Crippen LogP contribution >= 0.6 is 0 Å². The fourth-order valence-electron chi connectivity index (χ4n) is 12.7. The number of nitrogens with one attached hydrogen (secondary N) is 1. The first-order valence-corrected chi connectivity index (χ1v) is 42.4. The number of unbranched alkanes of at least 4 members (excludes halogenated alkanes) is 30. The first-order valence-electron chi connectivity index (χ1n) is 42.4. The molecule has 0 aromatic rings. The van der Waals surface area contributed by atoms with Gasteiger partial charge in [0.25, 0.3) is 0 Å². The normalized spacial score (nSPS) is 22.2. The molecule has 0 aliphatic carbocycles. The Balaban J connectivity index is 1.66. The summed E-state index contributed by atoms with van der Waals surface area (Å²) < 4.78 is 22.9. The standard InChI is InChI=1S/C92H153NO13/c1-3-5-7-9-11-13-15-17-19-21-23-25-27-29-31-33-35-37-38-39-40-41-42-44-46-48-50-52-54-56-58-60-62-64-66-68-70-72-74-76-84(97)93-80(79-103-91-89(102)87(100)90(83(78-95)105-91)106-92-88(101)86(99)85(98)82(77-94)104-92)81(96)75-73-71-69-67-65-63-61-59-57-55-53-51-49-47-45-43-36-34-32-30-28-26-24-22-20-18-16-14-12-10-8-6-4-2/h5,7,11,13,17,19,23,25,29,31,35,37,39-40,42,44,48,50,54,56-57,59-60,62,65,67,73,75,80-83,85-92,94-96,98-102H,3-4,6,8-10,12,14-16,18,20-22,24,26-28,30,32-34,36,38,41,43,45-47,49,51-53,55,58,61,63-64,66,68-72,74,76-79H2,1-2H3,(H,93,97)/b7-5-,13-11-,19-17-,25-23-,31-29-,37-35-,40-39-,44-42-,50-48-,56-54-,59-57+,62-60-,67-65+,75-73+. The van der Waals surface area contributed by atoms with E-state index in [0.717, 1.165) is 128 Å². The van der Waals surface area contributed by atoms with Crippen LogP contribution < -0.4 is 5.32 Å². The minimum absolute atomic E-state index is 0.236. The van der Waals surface area contributed by atoms with Gasteiger partial charge in [-0.25, -0.2) is 0 Å². The number of aliphatic hydroxyl groups is 8. The van der Waals surface area contributed by atoms with Crippen LogP contribution in [0.3, 0.4) is 0 Å². The Labute approximate surface area is 645 Å². The molecule has 2 aliphatic rings. The minimum Gasteiger partial charge on any atom is -0.394 e. The monoisotopic (exact) mass is 1480 g/mol. The second-order valence-electron chi connectivity index (χ2n) is 28.9. The highest BCUT2D eigenvalue weighted by molar-refractivity contribution is 5.76. The lowest BCUT2D eigenvalue weighted by atomic mass is 9.97. The van der Waals surface area contributed by atoms with Crippen LogP contribution in [0.5, 0.6) is 0 Å². The SMILES string of the molecule is CC/C=C\C/C=C\C/C=C\C/C=C\C/C=C\C/C=C\C/C=C\C/C=C\C/C=C\C/C=C\C/C=C\CCCCCCCC(=O)NC(COC1OC(CO)C(OC2OC(CO)C(O)C(O)C2O)C(O)C1O)C(O)/C=C/CC/C=C/CC/C=C/CCCCCCCCCCCCCCCCCCCCCCCCC. The Kier molecular flexibility index (Phi) is 67.3. The number of hydrogen-bond acceptors (Lipinski definition) is 13. The molecule has 2 rings (SSSR count). The van der Waals surface area contributed by atoms with Gasteiger partial charge in [-0.1, -0.05) is 344 Å². The topological polar surface area (TPSA) is 228 Å². The van der Waals surface area contributed by atoms with E-state index in [2.05, 4.69) is 177 Å². The van der Waals surface area contributed by atoms with Crippen molar-refractivity contribution in [3.63, 3.8) is 0 Å². The molecular weight excluding hydrogens is 1330 g/mol. The van der Waals surface area contributed by atoms with E-state index < -0.39 is 86.8 Å². The lowest BCUT2D eigenvalue weighted by molar-refractivity contribution is -0.359. The molecule has 0 aromatic carbocycles. The van der Waals surface area contributed by atoms with Crippen molar-refractivity contribution in [1.82, 2.24) is 5.32 Å². The summed E-state index contributed by atoms with van der Waals surface area (Å²) in [4.78, 5) is 13.4. The van der Waals surface area contributed by atoms with Gasteiger partial charge in [-0.2, -0.15) is 0 Å². The van der Waals surface area contributed by atoms with E-state index >= 15 is 0 Å². The van der Waals surface area contributed by atoms with Gasteiger partial charge in [-0.15, -0.1) is 0 Å². The van der Waals surface area contributed by atoms with Gasteiger partial charge >= 0.3 is 0 Å². The van der Waals surface area contributed by atoms with E-state index in [1.54, 1.807) is 6.08 Å². The number of allylic oxidation sites excluding steroid dienone is 27. The van der Waals surface area contributed by atoms with Crippen molar-refractivity contribution >= 4 is 5.91 Å². The summed E-state index contributed by atoms with van der Waals surface area (Å²) in [6, 6.07) is -0.965. The van der Waals surface area contributed by atoms with Crippen molar-refractivity contribution in [2.45, 2.75) is 383 Å². The average Bonchev–Trinajstić information content (AvgIpc) is 0.789. The number of ether oxygens (including phenoxy) is 4.